The number of carbonyl (C=O) groups excluding carboxylic acids is 1. The van der Waals surface area contributed by atoms with Crippen LogP contribution in [0.3, 0.4) is 0 Å². The monoisotopic (exact) mass is 354 g/mol. The highest BCUT2D eigenvalue weighted by Crippen LogP contribution is 2.42. The molecule has 1 aliphatic rings. The fourth-order valence-electron chi connectivity index (χ4n) is 3.72. The quantitative estimate of drug-likeness (QED) is 0.584. The number of rotatable bonds is 10. The van der Waals surface area contributed by atoms with E-state index in [4.69, 9.17) is 4.74 Å². The number of hydrogen-bond acceptors (Lipinski definition) is 4. The molecule has 4 heteroatoms. The highest BCUT2D eigenvalue weighted by atomic mass is 16.5. The Kier molecular flexibility index (Phi) is 9.33. The summed E-state index contributed by atoms with van der Waals surface area (Å²) >= 11 is 0. The van der Waals surface area contributed by atoms with Crippen molar-refractivity contribution >= 4 is 5.78 Å². The van der Waals surface area contributed by atoms with Gasteiger partial charge in [0.05, 0.1) is 18.8 Å². The molecule has 4 nitrogen and oxygen atoms in total. The molecule has 1 saturated carbocycles. The van der Waals surface area contributed by atoms with Gasteiger partial charge in [0.15, 0.2) is 5.78 Å². The number of hydrogen-bond donors (Lipinski definition) is 2. The van der Waals surface area contributed by atoms with Crippen LogP contribution in [0.4, 0.5) is 0 Å². The summed E-state index contributed by atoms with van der Waals surface area (Å²) in [6, 6.07) is 0. The number of ketones is 1. The Morgan fingerprint density at radius 1 is 1.28 bits per heavy atom. The van der Waals surface area contributed by atoms with Gasteiger partial charge in [-0.25, -0.2) is 0 Å². The molecule has 1 aliphatic carbocycles. The van der Waals surface area contributed by atoms with Crippen molar-refractivity contribution < 1.29 is 19.7 Å². The molecule has 0 radical (unpaired) electrons. The van der Waals surface area contributed by atoms with E-state index in [1.54, 1.807) is 12.2 Å². The lowest BCUT2D eigenvalue weighted by Gasteiger charge is -2.41. The normalized spacial score (nSPS) is 28.2. The Morgan fingerprint density at radius 2 is 1.96 bits per heavy atom. The summed E-state index contributed by atoms with van der Waals surface area (Å²) < 4.78 is 5.92. The zero-order chi connectivity index (χ0) is 19.0. The Balaban J connectivity index is 2.37. The van der Waals surface area contributed by atoms with Crippen LogP contribution in [0.5, 0.6) is 0 Å². The van der Waals surface area contributed by atoms with Gasteiger partial charge < -0.3 is 14.9 Å². The fraction of sp³-hybridized carbons (Fsp3) is 0.857. The molecule has 0 aromatic carbocycles. The summed E-state index contributed by atoms with van der Waals surface area (Å²) in [5, 5.41) is 20.4. The van der Waals surface area contributed by atoms with Crippen molar-refractivity contribution in [3.63, 3.8) is 0 Å². The average molecular weight is 355 g/mol. The lowest BCUT2D eigenvalue weighted by atomic mass is 9.67. The van der Waals surface area contributed by atoms with Gasteiger partial charge in [0.1, 0.15) is 6.10 Å². The minimum atomic E-state index is -0.897. The molecule has 0 bridgehead atoms. The Morgan fingerprint density at radius 3 is 2.56 bits per heavy atom. The van der Waals surface area contributed by atoms with E-state index < -0.39 is 12.2 Å². The molecule has 0 aromatic rings. The molecule has 0 aliphatic heterocycles. The highest BCUT2D eigenvalue weighted by molar-refractivity contribution is 5.89. The van der Waals surface area contributed by atoms with Gasteiger partial charge in [-0.3, -0.25) is 4.79 Å². The third-order valence-electron chi connectivity index (χ3n) is 5.85. The van der Waals surface area contributed by atoms with Crippen LogP contribution in [0, 0.1) is 17.3 Å². The van der Waals surface area contributed by atoms with Crippen molar-refractivity contribution in [3.05, 3.63) is 12.2 Å². The van der Waals surface area contributed by atoms with Crippen LogP contribution in [-0.4, -0.2) is 40.9 Å². The van der Waals surface area contributed by atoms with E-state index in [-0.39, 0.29) is 24.4 Å². The van der Waals surface area contributed by atoms with Crippen molar-refractivity contribution in [2.75, 3.05) is 6.61 Å². The van der Waals surface area contributed by atoms with Gasteiger partial charge >= 0.3 is 0 Å². The van der Waals surface area contributed by atoms with Crippen LogP contribution >= 0.6 is 0 Å². The third kappa shape index (κ3) is 7.59. The van der Waals surface area contributed by atoms with Crippen molar-refractivity contribution in [2.24, 2.45) is 17.3 Å². The molecular weight excluding hydrogens is 316 g/mol. The number of ether oxygens (including phenoxy) is 1. The zero-order valence-corrected chi connectivity index (χ0v) is 16.7. The van der Waals surface area contributed by atoms with Crippen LogP contribution < -0.4 is 0 Å². The molecular formula is C21H38O4. The summed E-state index contributed by atoms with van der Waals surface area (Å²) in [4.78, 5) is 11.6. The second kappa shape index (κ2) is 10.4. The van der Waals surface area contributed by atoms with Gasteiger partial charge in [0.25, 0.3) is 0 Å². The molecule has 25 heavy (non-hydrogen) atoms. The van der Waals surface area contributed by atoms with Gasteiger partial charge in [-0.05, 0) is 55.9 Å². The van der Waals surface area contributed by atoms with Crippen LogP contribution in [0.1, 0.15) is 73.1 Å². The number of aliphatic hydroxyl groups is 2. The predicted octanol–water partition coefficient (Wildman–Crippen LogP) is 3.89. The highest BCUT2D eigenvalue weighted by Gasteiger charge is 2.35. The van der Waals surface area contributed by atoms with E-state index in [0.717, 1.165) is 19.3 Å². The summed E-state index contributed by atoms with van der Waals surface area (Å²) in [5.41, 5.74) is 0.300. The van der Waals surface area contributed by atoms with E-state index in [1.807, 2.05) is 13.8 Å². The van der Waals surface area contributed by atoms with Gasteiger partial charge in [-0.15, -0.1) is 0 Å². The smallest absolute Gasteiger partial charge is 0.155 e. The Hall–Kier alpha value is -0.710. The zero-order valence-electron chi connectivity index (χ0n) is 16.7. The fourth-order valence-corrected chi connectivity index (χ4v) is 3.72. The summed E-state index contributed by atoms with van der Waals surface area (Å²) in [6.45, 7) is 10.7. The van der Waals surface area contributed by atoms with Crippen LogP contribution in [-0.2, 0) is 9.53 Å². The van der Waals surface area contributed by atoms with E-state index >= 15 is 0 Å². The maximum atomic E-state index is 11.6. The van der Waals surface area contributed by atoms with Gasteiger partial charge in [-0.1, -0.05) is 40.2 Å². The molecule has 0 heterocycles. The molecule has 5 atom stereocenters. The predicted molar refractivity (Wildman–Crippen MR) is 101 cm³/mol. The SMILES string of the molecule is CC=CC(=O)CC(C)CC(O)C(O)COC1CCCC(C)(C(C)C)C1. The van der Waals surface area contributed by atoms with Crippen molar-refractivity contribution in [1.29, 1.82) is 0 Å². The molecule has 5 unspecified atom stereocenters. The summed E-state index contributed by atoms with van der Waals surface area (Å²) in [6.07, 6.45) is 6.92. The first-order valence-electron chi connectivity index (χ1n) is 9.81. The van der Waals surface area contributed by atoms with Crippen molar-refractivity contribution in [2.45, 2.75) is 91.5 Å². The third-order valence-corrected chi connectivity index (χ3v) is 5.85. The maximum Gasteiger partial charge on any atom is 0.155 e. The Bertz CT molecular complexity index is 432. The maximum absolute atomic E-state index is 11.6. The minimum absolute atomic E-state index is 0.0345. The van der Waals surface area contributed by atoms with Gasteiger partial charge in [-0.2, -0.15) is 0 Å². The first-order valence-corrected chi connectivity index (χ1v) is 9.81. The number of aliphatic hydroxyl groups excluding tert-OH is 2. The van der Waals surface area contributed by atoms with Crippen molar-refractivity contribution in [1.82, 2.24) is 0 Å². The lowest BCUT2D eigenvalue weighted by Crippen LogP contribution is -2.38. The van der Waals surface area contributed by atoms with Crippen LogP contribution in [0.25, 0.3) is 0 Å². The molecule has 0 saturated heterocycles. The second-order valence-corrected chi connectivity index (χ2v) is 8.51. The van der Waals surface area contributed by atoms with E-state index in [0.29, 0.717) is 24.2 Å². The average Bonchev–Trinajstić information content (AvgIpc) is 2.52. The standard InChI is InChI=1S/C21H38O4/c1-6-8-17(22)11-16(4)12-19(23)20(24)14-25-18-9-7-10-21(5,13-18)15(2)3/h6,8,15-16,18-20,23-24H,7,9-14H2,1-5H3. The van der Waals surface area contributed by atoms with Crippen molar-refractivity contribution in [3.8, 4) is 0 Å². The summed E-state index contributed by atoms with van der Waals surface area (Å²) in [5.74, 6) is 0.709. The summed E-state index contributed by atoms with van der Waals surface area (Å²) in [7, 11) is 0. The number of allylic oxidation sites excluding steroid dienone is 2. The topological polar surface area (TPSA) is 66.8 Å². The van der Waals surface area contributed by atoms with Crippen LogP contribution in [0.2, 0.25) is 0 Å². The van der Waals surface area contributed by atoms with Crippen LogP contribution in [0.15, 0.2) is 12.2 Å². The van der Waals surface area contributed by atoms with E-state index in [2.05, 4.69) is 20.8 Å². The Labute approximate surface area is 153 Å². The molecule has 0 spiro atoms. The molecule has 0 amide bonds. The van der Waals surface area contributed by atoms with E-state index in [9.17, 15) is 15.0 Å². The lowest BCUT2D eigenvalue weighted by molar-refractivity contribution is -0.116. The second-order valence-electron chi connectivity index (χ2n) is 8.51. The first-order chi connectivity index (χ1) is 11.7. The molecule has 1 rings (SSSR count). The first kappa shape index (κ1) is 22.3. The molecule has 2 N–H and O–H groups in total. The van der Waals surface area contributed by atoms with Gasteiger partial charge in [0, 0.05) is 6.42 Å². The largest absolute Gasteiger partial charge is 0.390 e. The molecule has 0 aromatic heterocycles. The minimum Gasteiger partial charge on any atom is -0.390 e. The molecule has 1 fully saturated rings. The number of carbonyl (C=O) groups is 1. The van der Waals surface area contributed by atoms with Gasteiger partial charge in [0.2, 0.25) is 0 Å². The molecule has 146 valence electrons. The van der Waals surface area contributed by atoms with E-state index in [1.165, 1.54) is 6.42 Å².